The number of rotatable bonds is 10. The van der Waals surface area contributed by atoms with Crippen LogP contribution in [0, 0.1) is 5.92 Å². The molecule has 0 saturated heterocycles. The van der Waals surface area contributed by atoms with Crippen molar-refractivity contribution >= 4 is 22.8 Å². The Balaban J connectivity index is 1.42. The van der Waals surface area contributed by atoms with Crippen LogP contribution in [0.3, 0.4) is 0 Å². The molecule has 186 valence electrons. The maximum Gasteiger partial charge on any atom is 0.243 e. The molecule has 0 unspecified atom stereocenters. The molecule has 1 aliphatic rings. The van der Waals surface area contributed by atoms with Crippen molar-refractivity contribution in [3.05, 3.63) is 66.0 Å². The highest BCUT2D eigenvalue weighted by atomic mass is 16.2. The molecule has 1 fully saturated rings. The summed E-state index contributed by atoms with van der Waals surface area (Å²) in [6, 6.07) is 18.2. The van der Waals surface area contributed by atoms with Gasteiger partial charge in [0, 0.05) is 31.5 Å². The Morgan fingerprint density at radius 2 is 1.74 bits per heavy atom. The summed E-state index contributed by atoms with van der Waals surface area (Å²) >= 11 is 0. The van der Waals surface area contributed by atoms with Gasteiger partial charge in [-0.05, 0) is 50.8 Å². The van der Waals surface area contributed by atoms with Crippen LogP contribution in [0.15, 0.2) is 54.6 Å². The number of hydrogen-bond donors (Lipinski definition) is 1. The lowest BCUT2D eigenvalue weighted by Gasteiger charge is -2.27. The summed E-state index contributed by atoms with van der Waals surface area (Å²) in [4.78, 5) is 32.7. The van der Waals surface area contributed by atoms with E-state index in [4.69, 9.17) is 4.98 Å². The van der Waals surface area contributed by atoms with Crippen LogP contribution in [-0.4, -0.2) is 38.9 Å². The van der Waals surface area contributed by atoms with Crippen LogP contribution in [-0.2, 0) is 29.1 Å². The number of aryl methyl sites for hydroxylation is 1. The third kappa shape index (κ3) is 6.50. The van der Waals surface area contributed by atoms with Crippen molar-refractivity contribution in [3.63, 3.8) is 0 Å². The van der Waals surface area contributed by atoms with Crippen molar-refractivity contribution in [3.8, 4) is 0 Å². The highest BCUT2D eigenvalue weighted by Crippen LogP contribution is 2.23. The molecule has 2 aromatic carbocycles. The predicted octanol–water partition coefficient (Wildman–Crippen LogP) is 5.10. The number of amides is 2. The van der Waals surface area contributed by atoms with Crippen LogP contribution in [0.25, 0.3) is 11.0 Å². The number of fused-ring (bicyclic) bond motifs is 1. The number of carbonyl (C=O) groups is 2. The van der Waals surface area contributed by atoms with Crippen molar-refractivity contribution in [1.29, 1.82) is 0 Å². The van der Waals surface area contributed by atoms with E-state index in [0.717, 1.165) is 54.5 Å². The number of nitrogens with zero attached hydrogens (tertiary/aromatic N) is 3. The minimum atomic E-state index is 0.0823. The van der Waals surface area contributed by atoms with Gasteiger partial charge in [0.1, 0.15) is 12.4 Å². The van der Waals surface area contributed by atoms with Gasteiger partial charge in [0.15, 0.2) is 0 Å². The number of hydrogen-bond acceptors (Lipinski definition) is 3. The van der Waals surface area contributed by atoms with Crippen molar-refractivity contribution in [2.75, 3.05) is 6.54 Å². The fraction of sp³-hybridized carbons (Fsp3) is 0.483. The number of benzene rings is 2. The van der Waals surface area contributed by atoms with Gasteiger partial charge < -0.3 is 14.8 Å². The van der Waals surface area contributed by atoms with Crippen LogP contribution < -0.4 is 5.32 Å². The van der Waals surface area contributed by atoms with E-state index >= 15 is 0 Å². The van der Waals surface area contributed by atoms with Crippen LogP contribution >= 0.6 is 0 Å². The van der Waals surface area contributed by atoms with Gasteiger partial charge in [0.25, 0.3) is 0 Å². The topological polar surface area (TPSA) is 67.2 Å². The molecule has 4 rings (SSSR count). The molecule has 0 radical (unpaired) electrons. The summed E-state index contributed by atoms with van der Waals surface area (Å²) in [6.45, 7) is 5.60. The summed E-state index contributed by atoms with van der Waals surface area (Å²) < 4.78 is 2.06. The molecule has 2 amide bonds. The van der Waals surface area contributed by atoms with Gasteiger partial charge in [-0.3, -0.25) is 9.59 Å². The molecule has 0 spiro atoms. The fourth-order valence-corrected chi connectivity index (χ4v) is 5.02. The van der Waals surface area contributed by atoms with E-state index in [2.05, 4.69) is 35.9 Å². The SMILES string of the molecule is CC(C)N(Cc1ccccc1)C(=O)Cn1c(CCCNC(=O)C2CCCCC2)nc2ccccc21. The summed E-state index contributed by atoms with van der Waals surface area (Å²) in [5.41, 5.74) is 3.00. The first kappa shape index (κ1) is 25.0. The average molecular weight is 475 g/mol. The van der Waals surface area contributed by atoms with Gasteiger partial charge >= 0.3 is 0 Å². The molecular weight excluding hydrogens is 436 g/mol. The minimum absolute atomic E-state index is 0.0823. The third-order valence-electron chi connectivity index (χ3n) is 7.02. The zero-order valence-electron chi connectivity index (χ0n) is 21.1. The lowest BCUT2D eigenvalue weighted by molar-refractivity contribution is -0.134. The Hall–Kier alpha value is -3.15. The van der Waals surface area contributed by atoms with Gasteiger partial charge in [0.05, 0.1) is 11.0 Å². The zero-order chi connectivity index (χ0) is 24.6. The Morgan fingerprint density at radius 3 is 2.49 bits per heavy atom. The van der Waals surface area contributed by atoms with E-state index < -0.39 is 0 Å². The first-order chi connectivity index (χ1) is 17.0. The largest absolute Gasteiger partial charge is 0.356 e. The second-order valence-corrected chi connectivity index (χ2v) is 9.93. The highest BCUT2D eigenvalue weighted by Gasteiger charge is 2.22. The molecule has 35 heavy (non-hydrogen) atoms. The molecule has 6 nitrogen and oxygen atoms in total. The van der Waals surface area contributed by atoms with E-state index in [1.165, 1.54) is 6.42 Å². The smallest absolute Gasteiger partial charge is 0.243 e. The van der Waals surface area contributed by atoms with Crippen LogP contribution in [0.2, 0.25) is 0 Å². The number of imidazole rings is 1. The van der Waals surface area contributed by atoms with Crippen LogP contribution in [0.4, 0.5) is 0 Å². The van der Waals surface area contributed by atoms with E-state index in [0.29, 0.717) is 19.5 Å². The minimum Gasteiger partial charge on any atom is -0.356 e. The lowest BCUT2D eigenvalue weighted by atomic mass is 9.89. The first-order valence-electron chi connectivity index (χ1n) is 13.1. The quantitative estimate of drug-likeness (QED) is 0.416. The molecule has 1 saturated carbocycles. The number of para-hydroxylation sites is 2. The van der Waals surface area contributed by atoms with Crippen LogP contribution in [0.5, 0.6) is 0 Å². The van der Waals surface area contributed by atoms with Gasteiger partial charge in [-0.2, -0.15) is 0 Å². The first-order valence-corrected chi connectivity index (χ1v) is 13.1. The van der Waals surface area contributed by atoms with Gasteiger partial charge in [-0.15, -0.1) is 0 Å². The van der Waals surface area contributed by atoms with Crippen molar-refractivity contribution < 1.29 is 9.59 Å². The number of aromatic nitrogens is 2. The predicted molar refractivity (Wildman–Crippen MR) is 140 cm³/mol. The molecule has 1 N–H and O–H groups in total. The second-order valence-electron chi connectivity index (χ2n) is 9.93. The molecule has 0 atom stereocenters. The fourth-order valence-electron chi connectivity index (χ4n) is 5.02. The van der Waals surface area contributed by atoms with Crippen molar-refractivity contribution in [1.82, 2.24) is 19.8 Å². The molecule has 3 aromatic rings. The Bertz CT molecular complexity index is 1120. The zero-order valence-corrected chi connectivity index (χ0v) is 21.1. The molecule has 0 bridgehead atoms. The second kappa shape index (κ2) is 12.0. The maximum atomic E-state index is 13.5. The average Bonchev–Trinajstić information content (AvgIpc) is 3.23. The van der Waals surface area contributed by atoms with Crippen LogP contribution in [0.1, 0.15) is 63.8 Å². The summed E-state index contributed by atoms with van der Waals surface area (Å²) in [6.07, 6.45) is 7.11. The Labute approximate surface area is 208 Å². The third-order valence-corrected chi connectivity index (χ3v) is 7.02. The molecule has 1 heterocycles. The number of carbonyl (C=O) groups excluding carboxylic acids is 2. The summed E-state index contributed by atoms with van der Waals surface area (Å²) in [5, 5.41) is 3.13. The highest BCUT2D eigenvalue weighted by molar-refractivity contribution is 5.81. The van der Waals surface area contributed by atoms with Gasteiger partial charge in [0.2, 0.25) is 11.8 Å². The molecule has 0 aliphatic heterocycles. The van der Waals surface area contributed by atoms with E-state index in [1.807, 2.05) is 47.4 Å². The molecule has 1 aromatic heterocycles. The standard InChI is InChI=1S/C29H38N4O2/c1-22(2)32(20-23-12-5-3-6-13-23)28(34)21-33-26-17-10-9-16-25(26)31-27(33)18-11-19-30-29(35)24-14-7-4-8-15-24/h3,5-6,9-10,12-13,16-17,22,24H,4,7-8,11,14-15,18-21H2,1-2H3,(H,30,35). The van der Waals surface area contributed by atoms with Crippen molar-refractivity contribution in [2.45, 2.75) is 77.9 Å². The van der Waals surface area contributed by atoms with Gasteiger partial charge in [-0.1, -0.05) is 61.7 Å². The molecule has 1 aliphatic carbocycles. The van der Waals surface area contributed by atoms with Crippen molar-refractivity contribution in [2.24, 2.45) is 5.92 Å². The summed E-state index contributed by atoms with van der Waals surface area (Å²) in [7, 11) is 0. The maximum absolute atomic E-state index is 13.5. The molecule has 6 heteroatoms. The molecular formula is C29H38N4O2. The van der Waals surface area contributed by atoms with Gasteiger partial charge in [-0.25, -0.2) is 4.98 Å². The Morgan fingerprint density at radius 1 is 1.03 bits per heavy atom. The monoisotopic (exact) mass is 474 g/mol. The summed E-state index contributed by atoms with van der Waals surface area (Å²) in [5.74, 6) is 1.35. The van der Waals surface area contributed by atoms with E-state index in [9.17, 15) is 9.59 Å². The number of nitrogens with one attached hydrogen (secondary N) is 1. The van der Waals surface area contributed by atoms with E-state index in [-0.39, 0.29) is 30.3 Å². The lowest BCUT2D eigenvalue weighted by Crippen LogP contribution is -2.38. The Kier molecular flexibility index (Phi) is 8.56. The normalized spacial score (nSPS) is 14.4. The van der Waals surface area contributed by atoms with E-state index in [1.54, 1.807) is 0 Å².